The Morgan fingerprint density at radius 1 is 1.04 bits per heavy atom. The Morgan fingerprint density at radius 2 is 1.77 bits per heavy atom. The summed E-state index contributed by atoms with van der Waals surface area (Å²) in [5, 5.41) is 0. The maximum absolute atomic E-state index is 12.4. The Bertz CT molecular complexity index is 614. The zero-order valence-electron chi connectivity index (χ0n) is 15.8. The second-order valence-electron chi connectivity index (χ2n) is 9.02. The van der Waals surface area contributed by atoms with Gasteiger partial charge in [-0.2, -0.15) is 0 Å². The van der Waals surface area contributed by atoms with E-state index in [2.05, 4.69) is 0 Å². The molecule has 5 heteroatoms. The van der Waals surface area contributed by atoms with Crippen LogP contribution in [0.5, 0.6) is 0 Å². The molecule has 0 aromatic carbocycles. The summed E-state index contributed by atoms with van der Waals surface area (Å²) >= 11 is 0. The van der Waals surface area contributed by atoms with Crippen LogP contribution >= 0.6 is 0 Å². The molecule has 2 aliphatic heterocycles. The second-order valence-corrected chi connectivity index (χ2v) is 9.02. The van der Waals surface area contributed by atoms with Crippen molar-refractivity contribution in [2.24, 2.45) is 17.3 Å². The van der Waals surface area contributed by atoms with Crippen LogP contribution in [-0.4, -0.2) is 43.8 Å². The predicted molar refractivity (Wildman–Crippen MR) is 94.4 cm³/mol. The molecule has 5 nitrogen and oxygen atoms in total. The highest BCUT2D eigenvalue weighted by Gasteiger charge is 2.62. The molecule has 0 aromatic heterocycles. The van der Waals surface area contributed by atoms with Gasteiger partial charge in [0, 0.05) is 25.2 Å². The van der Waals surface area contributed by atoms with Crippen LogP contribution in [0.1, 0.15) is 58.3 Å². The number of carbonyl (C=O) groups excluding carboxylic acids is 1. The number of hydrogen-bond donors (Lipinski definition) is 0. The van der Waals surface area contributed by atoms with Crippen molar-refractivity contribution in [3.63, 3.8) is 0 Å². The quantitative estimate of drug-likeness (QED) is 0.767. The summed E-state index contributed by atoms with van der Waals surface area (Å²) < 4.78 is 23.6. The van der Waals surface area contributed by atoms with Gasteiger partial charge in [-0.3, -0.25) is 4.79 Å². The smallest absolute Gasteiger partial charge is 0.171 e. The highest BCUT2D eigenvalue weighted by molar-refractivity contribution is 5.92. The van der Waals surface area contributed by atoms with Crippen molar-refractivity contribution in [3.05, 3.63) is 11.6 Å². The van der Waals surface area contributed by atoms with E-state index in [1.54, 1.807) is 0 Å². The molecule has 0 radical (unpaired) electrons. The minimum Gasteiger partial charge on any atom is -0.348 e. The molecular formula is C21H30O5. The first kappa shape index (κ1) is 17.4. The lowest BCUT2D eigenvalue weighted by atomic mass is 9.61. The van der Waals surface area contributed by atoms with Crippen LogP contribution in [0.25, 0.3) is 0 Å². The van der Waals surface area contributed by atoms with Gasteiger partial charge in [0.05, 0.1) is 26.4 Å². The number of ketones is 1. The fraction of sp³-hybridized carbons (Fsp3) is 0.857. The third-order valence-electron chi connectivity index (χ3n) is 7.68. The first-order valence-electron chi connectivity index (χ1n) is 10.3. The van der Waals surface area contributed by atoms with Crippen molar-refractivity contribution in [2.45, 2.75) is 69.9 Å². The Balaban J connectivity index is 1.32. The van der Waals surface area contributed by atoms with Crippen LogP contribution in [-0.2, 0) is 23.7 Å². The molecule has 0 N–H and O–H groups in total. The van der Waals surface area contributed by atoms with Gasteiger partial charge >= 0.3 is 0 Å². The van der Waals surface area contributed by atoms with Gasteiger partial charge in [-0.25, -0.2) is 0 Å². The van der Waals surface area contributed by atoms with E-state index in [1.807, 2.05) is 13.0 Å². The molecule has 3 atom stereocenters. The maximum Gasteiger partial charge on any atom is 0.171 e. The molecule has 3 aliphatic carbocycles. The molecular weight excluding hydrogens is 332 g/mol. The molecule has 0 unspecified atom stereocenters. The van der Waals surface area contributed by atoms with E-state index >= 15 is 0 Å². The molecule has 5 aliphatic rings. The Kier molecular flexibility index (Phi) is 4.09. The van der Waals surface area contributed by atoms with E-state index in [0.29, 0.717) is 50.5 Å². The summed E-state index contributed by atoms with van der Waals surface area (Å²) in [4.78, 5) is 12.4. The van der Waals surface area contributed by atoms with Crippen molar-refractivity contribution < 1.29 is 23.7 Å². The van der Waals surface area contributed by atoms with Crippen molar-refractivity contribution in [1.82, 2.24) is 0 Å². The van der Waals surface area contributed by atoms with Crippen molar-refractivity contribution in [3.8, 4) is 0 Å². The maximum atomic E-state index is 12.4. The summed E-state index contributed by atoms with van der Waals surface area (Å²) in [7, 11) is 0. The topological polar surface area (TPSA) is 54.0 Å². The minimum absolute atomic E-state index is 0.206. The van der Waals surface area contributed by atoms with Gasteiger partial charge in [0.25, 0.3) is 0 Å². The van der Waals surface area contributed by atoms with E-state index in [-0.39, 0.29) is 11.2 Å². The summed E-state index contributed by atoms with van der Waals surface area (Å²) in [5.41, 5.74) is 1.59. The Labute approximate surface area is 155 Å². The lowest BCUT2D eigenvalue weighted by Gasteiger charge is -2.46. The van der Waals surface area contributed by atoms with Gasteiger partial charge < -0.3 is 18.9 Å². The first-order valence-corrected chi connectivity index (χ1v) is 10.3. The zero-order valence-corrected chi connectivity index (χ0v) is 15.8. The molecule has 2 bridgehead atoms. The Morgan fingerprint density at radius 3 is 2.54 bits per heavy atom. The van der Waals surface area contributed by atoms with Crippen LogP contribution in [0.4, 0.5) is 0 Å². The van der Waals surface area contributed by atoms with E-state index in [4.69, 9.17) is 18.9 Å². The van der Waals surface area contributed by atoms with Crippen LogP contribution in [0.3, 0.4) is 0 Å². The predicted octanol–water partition coefficient (Wildman–Crippen LogP) is 3.37. The molecule has 2 saturated heterocycles. The van der Waals surface area contributed by atoms with E-state index in [0.717, 1.165) is 44.9 Å². The van der Waals surface area contributed by atoms with Crippen molar-refractivity contribution in [2.75, 3.05) is 26.4 Å². The van der Waals surface area contributed by atoms with E-state index in [1.165, 1.54) is 5.57 Å². The average Bonchev–Trinajstić information content (AvgIpc) is 3.31. The molecule has 2 saturated carbocycles. The Hall–Kier alpha value is -0.750. The van der Waals surface area contributed by atoms with Gasteiger partial charge in [-0.1, -0.05) is 5.57 Å². The van der Waals surface area contributed by atoms with Gasteiger partial charge in [0.15, 0.2) is 17.4 Å². The average molecular weight is 362 g/mol. The van der Waals surface area contributed by atoms with Gasteiger partial charge in [-0.15, -0.1) is 0 Å². The largest absolute Gasteiger partial charge is 0.348 e. The number of allylic oxidation sites excluding steroid dienone is 2. The van der Waals surface area contributed by atoms with E-state index in [9.17, 15) is 4.79 Å². The van der Waals surface area contributed by atoms with Crippen LogP contribution in [0, 0.1) is 17.3 Å². The first-order chi connectivity index (χ1) is 12.5. The highest BCUT2D eigenvalue weighted by atomic mass is 16.7. The van der Waals surface area contributed by atoms with Crippen molar-refractivity contribution in [1.29, 1.82) is 0 Å². The monoisotopic (exact) mass is 362 g/mol. The zero-order chi connectivity index (χ0) is 17.8. The normalized spacial score (nSPS) is 40.0. The SMILES string of the molecule is CC1(CCCC2=CC(=O)C[C@H]3C[C@@H]4C[C@]23CCC42OCCO2)OCCO1. The molecule has 2 heterocycles. The molecule has 5 rings (SSSR count). The van der Waals surface area contributed by atoms with Crippen LogP contribution in [0.15, 0.2) is 11.6 Å². The highest BCUT2D eigenvalue weighted by Crippen LogP contribution is 2.65. The lowest BCUT2D eigenvalue weighted by molar-refractivity contribution is -0.212. The number of fused-ring (bicyclic) bond motifs is 2. The molecule has 4 fully saturated rings. The molecule has 26 heavy (non-hydrogen) atoms. The fourth-order valence-electron chi connectivity index (χ4n) is 6.45. The molecule has 0 amide bonds. The molecule has 2 spiro atoms. The van der Waals surface area contributed by atoms with Gasteiger partial charge in [0.1, 0.15) is 0 Å². The third-order valence-corrected chi connectivity index (χ3v) is 7.68. The second kappa shape index (κ2) is 6.13. The number of rotatable bonds is 4. The summed E-state index contributed by atoms with van der Waals surface area (Å²) in [6.45, 7) is 4.84. The summed E-state index contributed by atoms with van der Waals surface area (Å²) in [5.74, 6) is 0.441. The third kappa shape index (κ3) is 2.62. The van der Waals surface area contributed by atoms with Crippen molar-refractivity contribution >= 4 is 5.78 Å². The van der Waals surface area contributed by atoms with Crippen LogP contribution < -0.4 is 0 Å². The summed E-state index contributed by atoms with van der Waals surface area (Å²) in [6, 6.07) is 0. The number of hydrogen-bond acceptors (Lipinski definition) is 5. The standard InChI is InChI=1S/C21H30O5/c1-19(23-7-8-24-19)4-2-3-15-12-18(22)13-16-11-17-14-20(15,16)5-6-21(17)25-9-10-26-21/h12,16-17H,2-11,13-14H2,1H3/t16-,17-,20-/m1/s1. The minimum atomic E-state index is -0.434. The number of carbonyl (C=O) groups is 1. The summed E-state index contributed by atoms with van der Waals surface area (Å²) in [6.07, 6.45) is 9.83. The van der Waals surface area contributed by atoms with Gasteiger partial charge in [-0.05, 0) is 56.4 Å². The van der Waals surface area contributed by atoms with Crippen LogP contribution in [0.2, 0.25) is 0 Å². The van der Waals surface area contributed by atoms with Gasteiger partial charge in [0.2, 0.25) is 0 Å². The lowest BCUT2D eigenvalue weighted by Crippen LogP contribution is -2.44. The fourth-order valence-corrected chi connectivity index (χ4v) is 6.45. The van der Waals surface area contributed by atoms with E-state index < -0.39 is 5.79 Å². The number of ether oxygens (including phenoxy) is 4. The molecule has 0 aromatic rings. The molecule has 144 valence electrons.